The van der Waals surface area contributed by atoms with E-state index in [2.05, 4.69) is 28.1 Å². The van der Waals surface area contributed by atoms with Gasteiger partial charge in [0, 0.05) is 19.6 Å². The Bertz CT molecular complexity index is 990. The largest absolute Gasteiger partial charge is 0.344 e. The van der Waals surface area contributed by atoms with Crippen molar-refractivity contribution in [2.24, 2.45) is 7.05 Å². The average Bonchev–Trinajstić information content (AvgIpc) is 2.86. The normalized spacial score (nSPS) is 24.6. The highest BCUT2D eigenvalue weighted by molar-refractivity contribution is 8.14. The van der Waals surface area contributed by atoms with E-state index < -0.39 is 28.6 Å². The van der Waals surface area contributed by atoms with E-state index in [1.165, 1.54) is 16.8 Å². The van der Waals surface area contributed by atoms with Crippen molar-refractivity contribution >= 4 is 39.5 Å². The maximum atomic E-state index is 13.6. The maximum Gasteiger partial charge on any atom is 0.271 e. The Labute approximate surface area is 176 Å². The second kappa shape index (κ2) is 8.95. The highest BCUT2D eigenvalue weighted by atomic mass is 35.5. The molecule has 0 bridgehead atoms. The molecule has 2 aliphatic rings. The predicted molar refractivity (Wildman–Crippen MR) is 115 cm³/mol. The molecule has 10 heteroatoms. The standard InChI is InChI=1S/C19H22ClFN6OS/c1-4-29-25-12(2)6-5-9-27(29)18-16(20)17(26(3)24-18)19(28)23-14-7-8-15(21)13(10-14)11-22/h4-6,8,10,12,14,25H,7,9H2,1-3H3,(H,23,28). The van der Waals surface area contributed by atoms with Crippen molar-refractivity contribution in [3.05, 3.63) is 46.4 Å². The zero-order valence-corrected chi connectivity index (χ0v) is 17.9. The molecule has 0 fully saturated rings. The summed E-state index contributed by atoms with van der Waals surface area (Å²) in [6.45, 7) is 4.62. The van der Waals surface area contributed by atoms with Gasteiger partial charge in [-0.05, 0) is 48.6 Å². The number of carbonyl (C=O) groups excluding carboxylic acids is 1. The molecule has 3 atom stereocenters. The van der Waals surface area contributed by atoms with Gasteiger partial charge in [0.1, 0.15) is 22.6 Å². The number of nitrogens with one attached hydrogen (secondary N) is 2. The van der Waals surface area contributed by atoms with E-state index in [4.69, 9.17) is 16.9 Å². The van der Waals surface area contributed by atoms with Crippen molar-refractivity contribution in [3.8, 4) is 6.07 Å². The first-order valence-corrected chi connectivity index (χ1v) is 10.7. The van der Waals surface area contributed by atoms with Crippen molar-refractivity contribution in [1.29, 1.82) is 5.26 Å². The topological polar surface area (TPSA) is 86.0 Å². The molecule has 1 aliphatic carbocycles. The van der Waals surface area contributed by atoms with Gasteiger partial charge in [-0.25, -0.2) is 9.11 Å². The zero-order valence-electron chi connectivity index (χ0n) is 16.3. The lowest BCUT2D eigenvalue weighted by molar-refractivity contribution is 0.0935. The second-order valence-corrected chi connectivity index (χ2v) is 8.77. The fraction of sp³-hybridized carbons (Fsp3) is 0.368. The van der Waals surface area contributed by atoms with E-state index >= 15 is 0 Å². The first-order chi connectivity index (χ1) is 13.8. The first kappa shape index (κ1) is 21.3. The average molecular weight is 437 g/mol. The number of nitrogens with zero attached hydrogens (tertiary/aromatic N) is 4. The lowest BCUT2D eigenvalue weighted by Gasteiger charge is -2.25. The summed E-state index contributed by atoms with van der Waals surface area (Å²) in [5, 5.41) is 18.5. The van der Waals surface area contributed by atoms with E-state index in [1.807, 2.05) is 22.7 Å². The van der Waals surface area contributed by atoms with E-state index in [0.29, 0.717) is 12.4 Å². The third-order valence-corrected chi connectivity index (χ3v) is 6.70. The molecule has 0 saturated carbocycles. The van der Waals surface area contributed by atoms with Crippen LogP contribution in [0, 0.1) is 11.3 Å². The smallest absolute Gasteiger partial charge is 0.271 e. The molecule has 2 heterocycles. The molecule has 1 amide bonds. The summed E-state index contributed by atoms with van der Waals surface area (Å²) in [5.41, 5.74) is 0.127. The molecule has 0 aromatic carbocycles. The Kier molecular flexibility index (Phi) is 6.57. The van der Waals surface area contributed by atoms with Crippen molar-refractivity contribution in [2.45, 2.75) is 32.4 Å². The predicted octanol–water partition coefficient (Wildman–Crippen LogP) is 3.15. The number of anilines is 1. The van der Waals surface area contributed by atoms with Crippen LogP contribution in [0.25, 0.3) is 0 Å². The quantitative estimate of drug-likeness (QED) is 0.561. The number of carbonyl (C=O) groups is 1. The number of aryl methyl sites for hydroxylation is 1. The summed E-state index contributed by atoms with van der Waals surface area (Å²) >= 11 is 6.58. The summed E-state index contributed by atoms with van der Waals surface area (Å²) in [6.07, 6.45) is 7.07. The van der Waals surface area contributed by atoms with Crippen molar-refractivity contribution in [3.63, 3.8) is 0 Å². The summed E-state index contributed by atoms with van der Waals surface area (Å²) < 4.78 is 20.5. The molecule has 1 aliphatic heterocycles. The monoisotopic (exact) mass is 436 g/mol. The van der Waals surface area contributed by atoms with Gasteiger partial charge in [-0.15, -0.1) is 0 Å². The SMILES string of the molecule is C/C=S1/NC(C)C=CCN1c1nn(C)c(C(=O)NC2C=C(C#N)C(F)=CC2)c1Cl. The molecule has 1 aromatic heterocycles. The number of aromatic nitrogens is 2. The molecule has 3 rings (SSSR count). The van der Waals surface area contributed by atoms with Gasteiger partial charge >= 0.3 is 0 Å². The van der Waals surface area contributed by atoms with Gasteiger partial charge in [-0.3, -0.25) is 13.8 Å². The van der Waals surface area contributed by atoms with Gasteiger partial charge in [0.2, 0.25) is 0 Å². The number of halogens is 2. The summed E-state index contributed by atoms with van der Waals surface area (Å²) in [4.78, 5) is 12.9. The van der Waals surface area contributed by atoms with Crippen LogP contribution in [-0.4, -0.2) is 39.7 Å². The molecule has 7 nitrogen and oxygen atoms in total. The minimum absolute atomic E-state index is 0.0857. The van der Waals surface area contributed by atoms with Gasteiger partial charge < -0.3 is 5.32 Å². The van der Waals surface area contributed by atoms with Crippen LogP contribution in [0.15, 0.2) is 35.7 Å². The van der Waals surface area contributed by atoms with Crippen LogP contribution in [0.1, 0.15) is 30.8 Å². The van der Waals surface area contributed by atoms with E-state index in [9.17, 15) is 9.18 Å². The third-order valence-electron chi connectivity index (χ3n) is 4.50. The van der Waals surface area contributed by atoms with Crippen LogP contribution in [0.2, 0.25) is 5.02 Å². The van der Waals surface area contributed by atoms with E-state index in [1.54, 1.807) is 13.1 Å². The lowest BCUT2D eigenvalue weighted by Crippen LogP contribution is -2.35. The molecule has 0 radical (unpaired) electrons. The number of nitriles is 1. The minimum Gasteiger partial charge on any atom is -0.344 e. The number of hydrogen-bond donors (Lipinski definition) is 2. The molecule has 154 valence electrons. The molecule has 0 saturated heterocycles. The van der Waals surface area contributed by atoms with E-state index in [-0.39, 0.29) is 28.8 Å². The molecule has 3 unspecified atom stereocenters. The second-order valence-electron chi connectivity index (χ2n) is 6.62. The summed E-state index contributed by atoms with van der Waals surface area (Å²) in [5.74, 6) is -0.495. The van der Waals surface area contributed by atoms with Crippen molar-refractivity contribution in [1.82, 2.24) is 19.8 Å². The Morgan fingerprint density at radius 2 is 2.34 bits per heavy atom. The number of rotatable bonds is 3. The fourth-order valence-electron chi connectivity index (χ4n) is 3.12. The highest BCUT2D eigenvalue weighted by Gasteiger charge is 2.28. The molecular formula is C19H22ClFN6OS. The zero-order chi connectivity index (χ0) is 21.1. The van der Waals surface area contributed by atoms with Crippen LogP contribution >= 0.6 is 22.5 Å². The Hall–Kier alpha value is -2.41. The Morgan fingerprint density at radius 3 is 3.03 bits per heavy atom. The van der Waals surface area contributed by atoms with Crippen LogP contribution in [0.5, 0.6) is 0 Å². The Balaban J connectivity index is 1.86. The molecular weight excluding hydrogens is 415 g/mol. The number of hydrogen-bond acceptors (Lipinski definition) is 5. The molecule has 29 heavy (non-hydrogen) atoms. The highest BCUT2D eigenvalue weighted by Crippen LogP contribution is 2.34. The van der Waals surface area contributed by atoms with Crippen LogP contribution in [0.4, 0.5) is 10.2 Å². The van der Waals surface area contributed by atoms with Gasteiger partial charge in [-0.2, -0.15) is 10.4 Å². The number of amides is 1. The number of allylic oxidation sites excluding steroid dienone is 2. The van der Waals surface area contributed by atoms with E-state index in [0.717, 1.165) is 0 Å². The maximum absolute atomic E-state index is 13.6. The van der Waals surface area contributed by atoms with Crippen LogP contribution in [-0.2, 0) is 7.05 Å². The molecule has 2 N–H and O–H groups in total. The summed E-state index contributed by atoms with van der Waals surface area (Å²) in [7, 11) is 1.24. The molecule has 1 aromatic rings. The van der Waals surface area contributed by atoms with Gasteiger partial charge in [0.05, 0.1) is 11.6 Å². The fourth-order valence-corrected chi connectivity index (χ4v) is 5.05. The van der Waals surface area contributed by atoms with Crippen molar-refractivity contribution in [2.75, 3.05) is 10.8 Å². The summed E-state index contributed by atoms with van der Waals surface area (Å²) in [6, 6.07) is 1.49. The van der Waals surface area contributed by atoms with Gasteiger partial charge in [0.15, 0.2) is 5.82 Å². The van der Waals surface area contributed by atoms with Crippen molar-refractivity contribution < 1.29 is 9.18 Å². The van der Waals surface area contributed by atoms with Crippen LogP contribution < -0.4 is 14.3 Å². The molecule has 0 spiro atoms. The Morgan fingerprint density at radius 1 is 1.59 bits per heavy atom. The van der Waals surface area contributed by atoms with Gasteiger partial charge in [-0.1, -0.05) is 23.8 Å². The third kappa shape index (κ3) is 4.45. The van der Waals surface area contributed by atoms with Crippen LogP contribution in [0.3, 0.4) is 0 Å². The van der Waals surface area contributed by atoms with Gasteiger partial charge in [0.25, 0.3) is 5.91 Å². The lowest BCUT2D eigenvalue weighted by atomic mass is 10.0. The first-order valence-electron chi connectivity index (χ1n) is 9.10. The minimum atomic E-state index is -0.572.